The number of carbonyl (C=O) groups excluding carboxylic acids is 1. The molecule has 0 saturated heterocycles. The minimum Gasteiger partial charge on any atom is -0.497 e. The third kappa shape index (κ3) is 7.06. The highest BCUT2D eigenvalue weighted by Gasteiger charge is 2.27. The van der Waals surface area contributed by atoms with Gasteiger partial charge in [0.15, 0.2) is 5.11 Å². The van der Waals surface area contributed by atoms with Crippen molar-refractivity contribution >= 4 is 28.9 Å². The summed E-state index contributed by atoms with van der Waals surface area (Å²) < 4.78 is 11.0. The number of benzene rings is 2. The van der Waals surface area contributed by atoms with E-state index in [4.69, 9.17) is 21.7 Å². The monoisotopic (exact) mass is 414 g/mol. The molecule has 29 heavy (non-hydrogen) atoms. The fraction of sp³-hybridized carbons (Fsp3) is 0.391. The second-order valence-electron chi connectivity index (χ2n) is 7.74. The van der Waals surface area contributed by atoms with Crippen molar-refractivity contribution in [2.45, 2.75) is 40.5 Å². The lowest BCUT2D eigenvalue weighted by atomic mass is 9.87. The Morgan fingerprint density at radius 2 is 1.79 bits per heavy atom. The molecule has 0 fully saturated rings. The number of amides is 1. The van der Waals surface area contributed by atoms with E-state index in [0.717, 1.165) is 29.2 Å². The van der Waals surface area contributed by atoms with E-state index in [1.54, 1.807) is 7.11 Å². The first-order valence-corrected chi connectivity index (χ1v) is 10.1. The number of methoxy groups -OCH3 is 1. The van der Waals surface area contributed by atoms with E-state index in [1.807, 2.05) is 58.0 Å². The van der Waals surface area contributed by atoms with E-state index in [0.29, 0.717) is 13.0 Å². The Hall–Kier alpha value is -2.60. The van der Waals surface area contributed by atoms with Crippen LogP contribution in [0.3, 0.4) is 0 Å². The van der Waals surface area contributed by atoms with Gasteiger partial charge in [0.05, 0.1) is 13.7 Å². The third-order valence-corrected chi connectivity index (χ3v) is 4.94. The van der Waals surface area contributed by atoms with Gasteiger partial charge in [0.2, 0.25) is 5.91 Å². The molecule has 0 atom stereocenters. The Balaban J connectivity index is 1.79. The fourth-order valence-corrected chi connectivity index (χ4v) is 2.99. The molecule has 1 amide bonds. The second kappa shape index (κ2) is 10.3. The first kappa shape index (κ1) is 22.7. The first-order chi connectivity index (χ1) is 13.7. The number of nitrogens with one attached hydrogen (secondary N) is 2. The maximum absolute atomic E-state index is 12.6. The zero-order chi connectivity index (χ0) is 21.4. The fourth-order valence-electron chi connectivity index (χ4n) is 2.78. The average Bonchev–Trinajstić information content (AvgIpc) is 2.68. The molecule has 0 radical (unpaired) electrons. The van der Waals surface area contributed by atoms with E-state index < -0.39 is 5.41 Å². The van der Waals surface area contributed by atoms with Crippen LogP contribution in [-0.2, 0) is 4.79 Å². The van der Waals surface area contributed by atoms with Gasteiger partial charge in [0.25, 0.3) is 0 Å². The summed E-state index contributed by atoms with van der Waals surface area (Å²) >= 11 is 5.27. The molecule has 0 bridgehead atoms. The number of hydrogen-bond acceptors (Lipinski definition) is 4. The van der Waals surface area contributed by atoms with Crippen molar-refractivity contribution in [1.82, 2.24) is 5.32 Å². The third-order valence-electron chi connectivity index (χ3n) is 4.74. The molecular formula is C23H30N2O3S. The molecule has 0 saturated carbocycles. The number of ether oxygens (including phenoxy) is 2. The quantitative estimate of drug-likeness (QED) is 0.470. The number of anilines is 1. The van der Waals surface area contributed by atoms with Crippen LogP contribution < -0.4 is 20.1 Å². The Kier molecular flexibility index (Phi) is 8.02. The smallest absolute Gasteiger partial charge is 0.231 e. The molecule has 2 aromatic rings. The van der Waals surface area contributed by atoms with Crippen LogP contribution in [0.1, 0.15) is 37.8 Å². The van der Waals surface area contributed by atoms with Gasteiger partial charge in [-0.15, -0.1) is 0 Å². The number of thiocarbonyl (C=S) groups is 1. The maximum atomic E-state index is 12.6. The van der Waals surface area contributed by atoms with E-state index >= 15 is 0 Å². The molecule has 156 valence electrons. The Morgan fingerprint density at radius 1 is 1.10 bits per heavy atom. The molecule has 0 aromatic heterocycles. The molecular weight excluding hydrogens is 384 g/mol. The summed E-state index contributed by atoms with van der Waals surface area (Å²) in [5.74, 6) is 1.54. The second-order valence-corrected chi connectivity index (χ2v) is 8.15. The molecule has 0 aliphatic rings. The van der Waals surface area contributed by atoms with Crippen molar-refractivity contribution in [3.05, 3.63) is 53.6 Å². The topological polar surface area (TPSA) is 59.6 Å². The van der Waals surface area contributed by atoms with Crippen LogP contribution in [-0.4, -0.2) is 24.7 Å². The number of carbonyl (C=O) groups is 1. The molecule has 0 aliphatic heterocycles. The van der Waals surface area contributed by atoms with Crippen LogP contribution in [0.15, 0.2) is 42.5 Å². The molecule has 2 rings (SSSR count). The lowest BCUT2D eigenvalue weighted by Crippen LogP contribution is -2.42. The van der Waals surface area contributed by atoms with E-state index in [-0.39, 0.29) is 11.0 Å². The zero-order valence-corrected chi connectivity index (χ0v) is 18.6. The van der Waals surface area contributed by atoms with Crippen LogP contribution in [0.25, 0.3) is 0 Å². The summed E-state index contributed by atoms with van der Waals surface area (Å²) in [4.78, 5) is 12.6. The van der Waals surface area contributed by atoms with Gasteiger partial charge in [-0.2, -0.15) is 0 Å². The van der Waals surface area contributed by atoms with E-state index in [2.05, 4.69) is 22.8 Å². The normalized spacial score (nSPS) is 10.9. The Bertz CT molecular complexity index is 848. The van der Waals surface area contributed by atoms with Crippen molar-refractivity contribution < 1.29 is 14.3 Å². The highest BCUT2D eigenvalue weighted by atomic mass is 32.1. The molecule has 0 heterocycles. The SMILES string of the molecule is COc1ccc(NC(=S)NC(=O)C(C)(C)CCCOc2cc(C)ccc2C)cc1. The van der Waals surface area contributed by atoms with Gasteiger partial charge >= 0.3 is 0 Å². The van der Waals surface area contributed by atoms with Gasteiger partial charge in [0.1, 0.15) is 11.5 Å². The van der Waals surface area contributed by atoms with Crippen molar-refractivity contribution in [3.63, 3.8) is 0 Å². The Morgan fingerprint density at radius 3 is 2.45 bits per heavy atom. The highest BCUT2D eigenvalue weighted by Crippen LogP contribution is 2.24. The van der Waals surface area contributed by atoms with Crippen molar-refractivity contribution in [2.75, 3.05) is 19.0 Å². The molecule has 6 heteroatoms. The van der Waals surface area contributed by atoms with Crippen LogP contribution in [0.4, 0.5) is 5.69 Å². The van der Waals surface area contributed by atoms with Gasteiger partial charge in [-0.1, -0.05) is 26.0 Å². The predicted molar refractivity (Wildman–Crippen MR) is 122 cm³/mol. The van der Waals surface area contributed by atoms with Gasteiger partial charge in [-0.3, -0.25) is 4.79 Å². The Labute approximate surface area is 178 Å². The van der Waals surface area contributed by atoms with Crippen molar-refractivity contribution in [3.8, 4) is 11.5 Å². The maximum Gasteiger partial charge on any atom is 0.231 e. The molecule has 5 nitrogen and oxygen atoms in total. The summed E-state index contributed by atoms with van der Waals surface area (Å²) in [7, 11) is 1.61. The standard InChI is InChI=1S/C23H30N2O3S/c1-16-7-8-17(2)20(15-16)28-14-6-13-23(3,4)21(26)25-22(29)24-18-9-11-19(27-5)12-10-18/h7-12,15H,6,13-14H2,1-5H3,(H2,24,25,26,29). The van der Waals surface area contributed by atoms with E-state index in [9.17, 15) is 4.79 Å². The lowest BCUT2D eigenvalue weighted by molar-refractivity contribution is -0.128. The van der Waals surface area contributed by atoms with Gasteiger partial charge in [-0.25, -0.2) is 0 Å². The van der Waals surface area contributed by atoms with Crippen molar-refractivity contribution in [1.29, 1.82) is 0 Å². The minimum atomic E-state index is -0.559. The zero-order valence-electron chi connectivity index (χ0n) is 17.8. The van der Waals surface area contributed by atoms with Crippen LogP contribution in [0.2, 0.25) is 0 Å². The molecule has 0 aliphatic carbocycles. The summed E-state index contributed by atoms with van der Waals surface area (Å²) in [6.45, 7) is 8.47. The van der Waals surface area contributed by atoms with Crippen LogP contribution in [0.5, 0.6) is 11.5 Å². The number of hydrogen-bond donors (Lipinski definition) is 2. The van der Waals surface area contributed by atoms with Crippen LogP contribution >= 0.6 is 12.2 Å². The van der Waals surface area contributed by atoms with Gasteiger partial charge < -0.3 is 20.1 Å². The largest absolute Gasteiger partial charge is 0.497 e. The van der Waals surface area contributed by atoms with Gasteiger partial charge in [0, 0.05) is 11.1 Å². The van der Waals surface area contributed by atoms with Gasteiger partial charge in [-0.05, 0) is 80.4 Å². The minimum absolute atomic E-state index is 0.116. The predicted octanol–water partition coefficient (Wildman–Crippen LogP) is 5.01. The lowest BCUT2D eigenvalue weighted by Gasteiger charge is -2.24. The number of aryl methyl sites for hydroxylation is 2. The molecule has 2 aromatic carbocycles. The average molecular weight is 415 g/mol. The molecule has 2 N–H and O–H groups in total. The molecule has 0 spiro atoms. The van der Waals surface area contributed by atoms with Crippen LogP contribution in [0, 0.1) is 19.3 Å². The summed E-state index contributed by atoms with van der Waals surface area (Å²) in [5.41, 5.74) is 2.51. The summed E-state index contributed by atoms with van der Waals surface area (Å²) in [6.07, 6.45) is 1.46. The van der Waals surface area contributed by atoms with Crippen molar-refractivity contribution in [2.24, 2.45) is 5.41 Å². The highest BCUT2D eigenvalue weighted by molar-refractivity contribution is 7.80. The number of rotatable bonds is 8. The molecule has 0 unspecified atom stereocenters. The summed E-state index contributed by atoms with van der Waals surface area (Å²) in [5, 5.41) is 6.08. The first-order valence-electron chi connectivity index (χ1n) is 9.68. The summed E-state index contributed by atoms with van der Waals surface area (Å²) in [6, 6.07) is 13.5. The van der Waals surface area contributed by atoms with E-state index in [1.165, 1.54) is 5.56 Å².